The second kappa shape index (κ2) is 9.39. The highest BCUT2D eigenvalue weighted by atomic mass is 35.5. The third-order valence-electron chi connectivity index (χ3n) is 4.75. The van der Waals surface area contributed by atoms with Crippen LogP contribution in [0.3, 0.4) is 0 Å². The summed E-state index contributed by atoms with van der Waals surface area (Å²) in [5, 5.41) is 3.15. The molecule has 164 valence electrons. The lowest BCUT2D eigenvalue weighted by molar-refractivity contribution is -0.143. The highest BCUT2D eigenvalue weighted by Gasteiger charge is 2.29. The fourth-order valence-corrected chi connectivity index (χ4v) is 3.10. The number of aromatic nitrogens is 2. The van der Waals surface area contributed by atoms with Gasteiger partial charge in [0.2, 0.25) is 0 Å². The van der Waals surface area contributed by atoms with Crippen molar-refractivity contribution in [3.05, 3.63) is 48.2 Å². The van der Waals surface area contributed by atoms with Crippen molar-refractivity contribution in [3.8, 4) is 17.0 Å². The molecule has 0 radical (unpaired) electrons. The van der Waals surface area contributed by atoms with E-state index in [1.807, 2.05) is 35.6 Å². The van der Waals surface area contributed by atoms with Crippen LogP contribution in [0.4, 0.5) is 5.82 Å². The van der Waals surface area contributed by atoms with Gasteiger partial charge in [0.05, 0.1) is 12.0 Å². The van der Waals surface area contributed by atoms with Gasteiger partial charge in [0.25, 0.3) is 0 Å². The van der Waals surface area contributed by atoms with E-state index in [0.29, 0.717) is 23.9 Å². The predicted octanol–water partition coefficient (Wildman–Crippen LogP) is 4.46. The molecule has 3 rings (SSSR count). The monoisotopic (exact) mass is 443 g/mol. The summed E-state index contributed by atoms with van der Waals surface area (Å²) in [6.45, 7) is 7.50. The maximum Gasteiger partial charge on any atom is 0.325 e. The fourth-order valence-electron chi connectivity index (χ4n) is 2.99. The van der Waals surface area contributed by atoms with Crippen LogP contribution >= 0.6 is 11.6 Å². The lowest BCUT2D eigenvalue weighted by Gasteiger charge is -2.19. The minimum atomic E-state index is -0.801. The Balaban J connectivity index is 2.00. The molecular formula is C23H26ClN3O4. The number of hydrogen-bond donors (Lipinski definition) is 1. The minimum Gasteiger partial charge on any atom is -0.465 e. The number of anilines is 1. The van der Waals surface area contributed by atoms with Crippen LogP contribution in [0.1, 0.15) is 26.5 Å². The molecule has 3 aromatic rings. The third-order valence-corrected chi connectivity index (χ3v) is 5.42. The van der Waals surface area contributed by atoms with Gasteiger partial charge in [-0.15, -0.1) is 11.6 Å². The molecule has 0 saturated carbocycles. The number of ether oxygens (including phenoxy) is 2. The number of nitrogens with zero attached hydrogens (tertiary/aromatic N) is 2. The number of carbonyl (C=O) groups is 2. The van der Waals surface area contributed by atoms with Crippen molar-refractivity contribution in [1.82, 2.24) is 9.38 Å². The van der Waals surface area contributed by atoms with Crippen LogP contribution in [0.2, 0.25) is 0 Å². The molecular weight excluding hydrogens is 418 g/mol. The Hall–Kier alpha value is -3.06. The van der Waals surface area contributed by atoms with E-state index >= 15 is 0 Å². The summed E-state index contributed by atoms with van der Waals surface area (Å²) in [4.78, 5) is 29.1. The van der Waals surface area contributed by atoms with Gasteiger partial charge in [0.15, 0.2) is 0 Å². The zero-order chi connectivity index (χ0) is 22.6. The maximum atomic E-state index is 12.4. The highest BCUT2D eigenvalue weighted by Crippen LogP contribution is 2.32. The van der Waals surface area contributed by atoms with E-state index in [1.54, 1.807) is 39.0 Å². The smallest absolute Gasteiger partial charge is 0.325 e. The molecule has 0 aliphatic heterocycles. The zero-order valence-electron chi connectivity index (χ0n) is 18.1. The topological polar surface area (TPSA) is 81.9 Å². The van der Waals surface area contributed by atoms with Gasteiger partial charge < -0.3 is 14.8 Å². The van der Waals surface area contributed by atoms with Gasteiger partial charge in [-0.05, 0) is 52.0 Å². The number of nitrogens with one attached hydrogen (secondary N) is 1. The quantitative estimate of drug-likeness (QED) is 0.314. The van der Waals surface area contributed by atoms with Crippen LogP contribution in [-0.2, 0) is 14.3 Å². The molecule has 0 spiro atoms. The van der Waals surface area contributed by atoms with E-state index in [-0.39, 0.29) is 18.4 Å². The number of esters is 2. The van der Waals surface area contributed by atoms with Crippen LogP contribution in [0, 0.1) is 12.3 Å². The van der Waals surface area contributed by atoms with Crippen molar-refractivity contribution in [2.75, 3.05) is 24.3 Å². The Kier molecular flexibility index (Phi) is 6.85. The molecule has 1 aromatic carbocycles. The average molecular weight is 444 g/mol. The van der Waals surface area contributed by atoms with E-state index in [0.717, 1.165) is 16.9 Å². The number of imidazole rings is 1. The summed E-state index contributed by atoms with van der Waals surface area (Å²) in [6.07, 6.45) is 0. The Labute approximate surface area is 186 Å². The molecule has 0 unspecified atom stereocenters. The molecule has 8 heteroatoms. The number of carbonyl (C=O) groups excluding carboxylic acids is 2. The standard InChI is InChI=1S/C23H26ClN3O4/c1-5-30-19(28)13-25-21-20(26-18-11-6-8-15(2)27(18)21)16-9-7-10-17(12-16)31-22(29)23(3,4)14-24/h6-12,25H,5,13-14H2,1-4H3. The van der Waals surface area contributed by atoms with Crippen LogP contribution in [0.5, 0.6) is 5.75 Å². The summed E-state index contributed by atoms with van der Waals surface area (Å²) < 4.78 is 12.5. The predicted molar refractivity (Wildman–Crippen MR) is 121 cm³/mol. The summed E-state index contributed by atoms with van der Waals surface area (Å²) in [5.41, 5.74) is 2.25. The molecule has 0 atom stereocenters. The number of fused-ring (bicyclic) bond motifs is 1. The number of benzene rings is 1. The Bertz CT molecular complexity index is 1110. The number of alkyl halides is 1. The van der Waals surface area contributed by atoms with Crippen molar-refractivity contribution >= 4 is 35.0 Å². The van der Waals surface area contributed by atoms with Gasteiger partial charge in [-0.3, -0.25) is 14.0 Å². The first-order valence-corrected chi connectivity index (χ1v) is 10.6. The normalized spacial score (nSPS) is 11.4. The molecule has 7 nitrogen and oxygen atoms in total. The first-order valence-electron chi connectivity index (χ1n) is 10.0. The van der Waals surface area contributed by atoms with Crippen molar-refractivity contribution < 1.29 is 19.1 Å². The van der Waals surface area contributed by atoms with Crippen molar-refractivity contribution in [1.29, 1.82) is 0 Å². The zero-order valence-corrected chi connectivity index (χ0v) is 18.8. The van der Waals surface area contributed by atoms with Gasteiger partial charge in [0.1, 0.15) is 29.5 Å². The lowest BCUT2D eigenvalue weighted by Crippen LogP contribution is -2.30. The highest BCUT2D eigenvalue weighted by molar-refractivity contribution is 6.19. The minimum absolute atomic E-state index is 0.00154. The number of halogens is 1. The third kappa shape index (κ3) is 4.99. The number of rotatable bonds is 8. The van der Waals surface area contributed by atoms with E-state index in [4.69, 9.17) is 26.1 Å². The Morgan fingerprint density at radius 2 is 1.94 bits per heavy atom. The van der Waals surface area contributed by atoms with Crippen LogP contribution in [0.25, 0.3) is 16.9 Å². The van der Waals surface area contributed by atoms with Crippen molar-refractivity contribution in [2.45, 2.75) is 27.7 Å². The molecule has 0 saturated heterocycles. The summed E-state index contributed by atoms with van der Waals surface area (Å²) >= 11 is 5.89. The molecule has 0 fully saturated rings. The van der Waals surface area contributed by atoms with Crippen LogP contribution in [0.15, 0.2) is 42.5 Å². The van der Waals surface area contributed by atoms with E-state index < -0.39 is 11.4 Å². The lowest BCUT2D eigenvalue weighted by atomic mass is 9.97. The summed E-state index contributed by atoms with van der Waals surface area (Å²) in [5.74, 6) is 0.435. The fraction of sp³-hybridized carbons (Fsp3) is 0.348. The second-order valence-electron chi connectivity index (χ2n) is 7.76. The molecule has 0 bridgehead atoms. The van der Waals surface area contributed by atoms with E-state index in [9.17, 15) is 9.59 Å². The van der Waals surface area contributed by atoms with Gasteiger partial charge in [-0.1, -0.05) is 18.2 Å². The van der Waals surface area contributed by atoms with Gasteiger partial charge in [-0.25, -0.2) is 4.98 Å². The van der Waals surface area contributed by atoms with E-state index in [1.165, 1.54) is 0 Å². The largest absolute Gasteiger partial charge is 0.465 e. The van der Waals surface area contributed by atoms with E-state index in [2.05, 4.69) is 5.32 Å². The van der Waals surface area contributed by atoms with Gasteiger partial charge in [0, 0.05) is 17.1 Å². The maximum absolute atomic E-state index is 12.4. The molecule has 2 heterocycles. The molecule has 31 heavy (non-hydrogen) atoms. The molecule has 0 aliphatic carbocycles. The molecule has 0 amide bonds. The summed E-state index contributed by atoms with van der Waals surface area (Å²) in [6, 6.07) is 12.9. The first kappa shape index (κ1) is 22.6. The molecule has 2 aromatic heterocycles. The van der Waals surface area contributed by atoms with Crippen LogP contribution in [-0.4, -0.2) is 40.4 Å². The van der Waals surface area contributed by atoms with Crippen LogP contribution < -0.4 is 10.1 Å². The van der Waals surface area contributed by atoms with Crippen molar-refractivity contribution in [2.24, 2.45) is 5.41 Å². The van der Waals surface area contributed by atoms with Gasteiger partial charge in [-0.2, -0.15) is 0 Å². The number of pyridine rings is 1. The van der Waals surface area contributed by atoms with Gasteiger partial charge >= 0.3 is 11.9 Å². The second-order valence-corrected chi connectivity index (χ2v) is 8.03. The molecule has 0 aliphatic rings. The average Bonchev–Trinajstić information content (AvgIpc) is 3.12. The number of hydrogen-bond acceptors (Lipinski definition) is 6. The molecule has 1 N–H and O–H groups in total. The Morgan fingerprint density at radius 1 is 1.19 bits per heavy atom. The number of aryl methyl sites for hydroxylation is 1. The van der Waals surface area contributed by atoms with Crippen molar-refractivity contribution in [3.63, 3.8) is 0 Å². The first-order chi connectivity index (χ1) is 14.8. The summed E-state index contributed by atoms with van der Waals surface area (Å²) in [7, 11) is 0. The Morgan fingerprint density at radius 3 is 2.65 bits per heavy atom. The SMILES string of the molecule is CCOC(=O)CNc1c(-c2cccc(OC(=O)C(C)(C)CCl)c2)nc2cccc(C)n12.